The number of carbonyl (C=O) groups is 1. The molecule has 1 amide bonds. The van der Waals surface area contributed by atoms with Crippen LogP contribution in [0.1, 0.15) is 0 Å². The van der Waals surface area contributed by atoms with E-state index in [2.05, 4.69) is 37.5 Å². The summed E-state index contributed by atoms with van der Waals surface area (Å²) in [6.07, 6.45) is 1.68. The summed E-state index contributed by atoms with van der Waals surface area (Å²) >= 11 is 0. The molecule has 0 saturated carbocycles. The Balaban J connectivity index is 1.31. The van der Waals surface area contributed by atoms with Gasteiger partial charge >= 0.3 is 0 Å². The van der Waals surface area contributed by atoms with Crippen molar-refractivity contribution < 1.29 is 9.53 Å². The third kappa shape index (κ3) is 2.84. The molecule has 0 bridgehead atoms. The van der Waals surface area contributed by atoms with Crippen LogP contribution in [0.3, 0.4) is 0 Å². The summed E-state index contributed by atoms with van der Waals surface area (Å²) in [4.78, 5) is 15.6. The van der Waals surface area contributed by atoms with Crippen LogP contribution in [0.15, 0.2) is 18.5 Å². The molecule has 9 nitrogen and oxygen atoms in total. The van der Waals surface area contributed by atoms with Gasteiger partial charge in [0.2, 0.25) is 5.91 Å². The quantitative estimate of drug-likeness (QED) is 0.754. The summed E-state index contributed by atoms with van der Waals surface area (Å²) in [5.74, 6) is 0.900. The second-order valence-corrected chi connectivity index (χ2v) is 6.06. The number of hydrogen-bond acceptors (Lipinski definition) is 7. The lowest BCUT2D eigenvalue weighted by Crippen LogP contribution is -2.61. The minimum atomic E-state index is -0.0332. The minimum Gasteiger partial charge on any atom is -0.365 e. The van der Waals surface area contributed by atoms with E-state index < -0.39 is 0 Å². The van der Waals surface area contributed by atoms with Gasteiger partial charge < -0.3 is 15.0 Å². The van der Waals surface area contributed by atoms with Gasteiger partial charge in [-0.15, -0.1) is 15.3 Å². The van der Waals surface area contributed by atoms with E-state index in [1.807, 2.05) is 12.1 Å². The Morgan fingerprint density at radius 2 is 2.30 bits per heavy atom. The molecule has 2 aromatic heterocycles. The van der Waals surface area contributed by atoms with Crippen molar-refractivity contribution in [1.82, 2.24) is 30.0 Å². The Labute approximate surface area is 133 Å². The fourth-order valence-corrected chi connectivity index (χ4v) is 2.93. The molecule has 4 heterocycles. The summed E-state index contributed by atoms with van der Waals surface area (Å²) in [6.45, 7) is 3.42. The highest BCUT2D eigenvalue weighted by Gasteiger charge is 2.32. The lowest BCUT2D eigenvalue weighted by molar-refractivity contribution is -0.134. The highest BCUT2D eigenvalue weighted by molar-refractivity contribution is 5.77. The minimum absolute atomic E-state index is 0.0332. The Morgan fingerprint density at radius 3 is 3.09 bits per heavy atom. The predicted octanol–water partition coefficient (Wildman–Crippen LogP) is -1.24. The molecule has 2 saturated heterocycles. The van der Waals surface area contributed by atoms with Gasteiger partial charge in [-0.2, -0.15) is 4.52 Å². The zero-order valence-corrected chi connectivity index (χ0v) is 12.9. The third-order valence-electron chi connectivity index (χ3n) is 4.43. The number of hydrogen-bond donors (Lipinski definition) is 1. The van der Waals surface area contributed by atoms with Crippen molar-refractivity contribution in [1.29, 1.82) is 0 Å². The molecule has 122 valence electrons. The van der Waals surface area contributed by atoms with Gasteiger partial charge in [0.25, 0.3) is 0 Å². The summed E-state index contributed by atoms with van der Waals surface area (Å²) in [5.41, 5.74) is 0.749. The van der Waals surface area contributed by atoms with Crippen molar-refractivity contribution in [2.24, 2.45) is 0 Å². The molecule has 9 heteroatoms. The Morgan fingerprint density at radius 1 is 1.43 bits per heavy atom. The number of aromatic nitrogens is 4. The number of fused-ring (bicyclic) bond motifs is 1. The molecule has 0 aromatic carbocycles. The van der Waals surface area contributed by atoms with Crippen molar-refractivity contribution in [3.63, 3.8) is 0 Å². The highest BCUT2D eigenvalue weighted by Crippen LogP contribution is 2.21. The van der Waals surface area contributed by atoms with Gasteiger partial charge in [-0.3, -0.25) is 9.69 Å². The number of morpholine rings is 1. The molecular weight excluding hydrogens is 298 g/mol. The van der Waals surface area contributed by atoms with Crippen molar-refractivity contribution in [2.45, 2.75) is 12.1 Å². The lowest BCUT2D eigenvalue weighted by atomic mass is 10.1. The number of nitrogens with zero attached hydrogens (tertiary/aromatic N) is 6. The van der Waals surface area contributed by atoms with Gasteiger partial charge in [-0.05, 0) is 19.2 Å². The van der Waals surface area contributed by atoms with E-state index >= 15 is 0 Å². The summed E-state index contributed by atoms with van der Waals surface area (Å²) in [7, 11) is 2.10. The molecule has 1 atom stereocenters. The number of anilines is 1. The van der Waals surface area contributed by atoms with E-state index in [0.717, 1.165) is 31.1 Å². The summed E-state index contributed by atoms with van der Waals surface area (Å²) < 4.78 is 7.22. The third-order valence-corrected chi connectivity index (χ3v) is 4.43. The van der Waals surface area contributed by atoms with Crippen LogP contribution in [0.4, 0.5) is 5.82 Å². The van der Waals surface area contributed by atoms with E-state index in [-0.39, 0.29) is 18.6 Å². The van der Waals surface area contributed by atoms with E-state index in [4.69, 9.17) is 4.74 Å². The normalized spacial score (nSPS) is 22.4. The highest BCUT2D eigenvalue weighted by atomic mass is 16.5. The average molecular weight is 317 g/mol. The molecule has 23 heavy (non-hydrogen) atoms. The first kappa shape index (κ1) is 14.3. The molecule has 0 spiro atoms. The SMILES string of the molecule is CN(CC1CNC(=O)CO1)C1CN(c2ccc3nncn3n2)C1. The van der Waals surface area contributed by atoms with Crippen LogP contribution in [-0.2, 0) is 9.53 Å². The van der Waals surface area contributed by atoms with Crippen molar-refractivity contribution in [3.8, 4) is 0 Å². The fourth-order valence-electron chi connectivity index (χ4n) is 2.93. The smallest absolute Gasteiger partial charge is 0.246 e. The van der Waals surface area contributed by atoms with Gasteiger partial charge in [-0.1, -0.05) is 0 Å². The number of nitrogens with one attached hydrogen (secondary N) is 1. The molecule has 2 aliphatic heterocycles. The van der Waals surface area contributed by atoms with Gasteiger partial charge in [0.1, 0.15) is 18.8 Å². The molecule has 2 aliphatic rings. The van der Waals surface area contributed by atoms with E-state index in [0.29, 0.717) is 12.6 Å². The lowest BCUT2D eigenvalue weighted by Gasteiger charge is -2.45. The maximum Gasteiger partial charge on any atom is 0.246 e. The number of carbonyl (C=O) groups excluding carboxylic acids is 1. The molecule has 1 unspecified atom stereocenters. The molecule has 4 rings (SSSR count). The fraction of sp³-hybridized carbons (Fsp3) is 0.571. The number of ether oxygens (including phenoxy) is 1. The van der Waals surface area contributed by atoms with Crippen LogP contribution in [0, 0.1) is 0 Å². The topological polar surface area (TPSA) is 87.9 Å². The number of rotatable bonds is 4. The first-order valence-electron chi connectivity index (χ1n) is 7.69. The second kappa shape index (κ2) is 5.74. The predicted molar refractivity (Wildman–Crippen MR) is 82.2 cm³/mol. The summed E-state index contributed by atoms with van der Waals surface area (Å²) in [5, 5.41) is 15.1. The molecule has 2 aromatic rings. The Kier molecular flexibility index (Phi) is 3.58. The monoisotopic (exact) mass is 317 g/mol. The molecular formula is C14H19N7O2. The van der Waals surface area contributed by atoms with E-state index in [9.17, 15) is 4.79 Å². The Hall–Kier alpha value is -2.26. The van der Waals surface area contributed by atoms with Crippen LogP contribution in [0.5, 0.6) is 0 Å². The zero-order chi connectivity index (χ0) is 15.8. The first-order valence-corrected chi connectivity index (χ1v) is 7.69. The average Bonchev–Trinajstić information content (AvgIpc) is 2.96. The molecule has 0 radical (unpaired) electrons. The van der Waals surface area contributed by atoms with Gasteiger partial charge in [-0.25, -0.2) is 0 Å². The van der Waals surface area contributed by atoms with Crippen molar-refractivity contribution in [3.05, 3.63) is 18.5 Å². The largest absolute Gasteiger partial charge is 0.365 e. The van der Waals surface area contributed by atoms with Crippen LogP contribution in [0.25, 0.3) is 5.65 Å². The second-order valence-electron chi connectivity index (χ2n) is 6.06. The van der Waals surface area contributed by atoms with E-state index in [1.165, 1.54) is 0 Å². The van der Waals surface area contributed by atoms with E-state index in [1.54, 1.807) is 10.8 Å². The number of amides is 1. The maximum atomic E-state index is 11.1. The molecule has 2 fully saturated rings. The summed E-state index contributed by atoms with van der Waals surface area (Å²) in [6, 6.07) is 4.36. The van der Waals surface area contributed by atoms with Crippen molar-refractivity contribution in [2.75, 3.05) is 44.7 Å². The molecule has 1 N–H and O–H groups in total. The van der Waals surface area contributed by atoms with Crippen LogP contribution < -0.4 is 10.2 Å². The van der Waals surface area contributed by atoms with Gasteiger partial charge in [0.05, 0.1) is 6.10 Å². The standard InChI is InChI=1S/C14H19N7O2/c1-19(7-11-4-15-14(22)8-23-11)10-5-20(6-10)13-3-2-12-17-16-9-21(12)18-13/h2-3,9-11H,4-8H2,1H3,(H,15,22). The first-order chi connectivity index (χ1) is 11.2. The van der Waals surface area contributed by atoms with Crippen LogP contribution in [0.2, 0.25) is 0 Å². The Bertz CT molecular complexity index is 702. The number of likely N-dealkylation sites (N-methyl/N-ethyl adjacent to an activating group) is 1. The molecule has 0 aliphatic carbocycles. The maximum absolute atomic E-state index is 11.1. The van der Waals surface area contributed by atoms with Gasteiger partial charge in [0, 0.05) is 32.2 Å². The van der Waals surface area contributed by atoms with Gasteiger partial charge in [0.15, 0.2) is 5.65 Å². The van der Waals surface area contributed by atoms with Crippen LogP contribution >= 0.6 is 0 Å². The zero-order valence-electron chi connectivity index (χ0n) is 12.9. The van der Waals surface area contributed by atoms with Crippen LogP contribution in [-0.4, -0.2) is 82.6 Å². The van der Waals surface area contributed by atoms with Crippen molar-refractivity contribution >= 4 is 17.4 Å².